The molecule has 0 saturated heterocycles. The largest absolute Gasteiger partial charge is 0.300 e. The lowest BCUT2D eigenvalue weighted by molar-refractivity contribution is -0.117. The van der Waals surface area contributed by atoms with Gasteiger partial charge in [0.05, 0.1) is 12.0 Å². The Bertz CT molecular complexity index is 123. The average molecular weight is 111 g/mol. The molecule has 0 amide bonds. The highest BCUT2D eigenvalue weighted by molar-refractivity contribution is 5.75. The van der Waals surface area contributed by atoms with Crippen LogP contribution >= 0.6 is 0 Å². The number of hydrogen-bond donors (Lipinski definition) is 0. The molecular weight excluding hydrogens is 102 g/mol. The molecule has 0 N–H and O–H groups in total. The van der Waals surface area contributed by atoms with E-state index in [1.54, 1.807) is 6.92 Å². The van der Waals surface area contributed by atoms with Crippen molar-refractivity contribution < 1.29 is 4.79 Å². The molecular formula is C6H9NO. The van der Waals surface area contributed by atoms with E-state index < -0.39 is 0 Å². The molecule has 0 aliphatic carbocycles. The smallest absolute Gasteiger partial charge is 0.131 e. The Morgan fingerprint density at radius 2 is 2.38 bits per heavy atom. The third-order valence-electron chi connectivity index (χ3n) is 0.814. The van der Waals surface area contributed by atoms with Crippen LogP contribution < -0.4 is 0 Å². The highest BCUT2D eigenvalue weighted by Gasteiger charge is 2.00. The van der Waals surface area contributed by atoms with Gasteiger partial charge in [0.15, 0.2) is 0 Å². The van der Waals surface area contributed by atoms with Crippen LogP contribution in [-0.2, 0) is 4.79 Å². The summed E-state index contributed by atoms with van der Waals surface area (Å²) in [5.74, 6) is -0.0356. The lowest BCUT2D eigenvalue weighted by atomic mass is 10.1. The first-order valence-corrected chi connectivity index (χ1v) is 2.56. The summed E-state index contributed by atoms with van der Waals surface area (Å²) in [5, 5.41) is 8.18. The fourth-order valence-corrected chi connectivity index (χ4v) is 0.477. The monoisotopic (exact) mass is 111 g/mol. The molecule has 0 aromatic rings. The molecule has 0 aliphatic rings. The normalized spacial score (nSPS) is 12.1. The molecule has 1 unspecified atom stereocenters. The molecule has 0 bridgehead atoms. The van der Waals surface area contributed by atoms with Crippen LogP contribution in [0.4, 0.5) is 0 Å². The van der Waals surface area contributed by atoms with Crippen molar-refractivity contribution in [3.8, 4) is 6.07 Å². The zero-order valence-electron chi connectivity index (χ0n) is 5.14. The lowest BCUT2D eigenvalue weighted by Gasteiger charge is -1.92. The molecule has 0 spiro atoms. The molecule has 0 aromatic heterocycles. The molecule has 0 fully saturated rings. The molecule has 0 aromatic carbocycles. The van der Waals surface area contributed by atoms with Gasteiger partial charge in [-0.1, -0.05) is 0 Å². The van der Waals surface area contributed by atoms with Crippen LogP contribution in [0.25, 0.3) is 0 Å². The maximum absolute atomic E-state index is 10.3. The number of hydrogen-bond acceptors (Lipinski definition) is 2. The van der Waals surface area contributed by atoms with E-state index in [9.17, 15) is 4.79 Å². The van der Waals surface area contributed by atoms with Gasteiger partial charge in [-0.15, -0.1) is 0 Å². The third-order valence-corrected chi connectivity index (χ3v) is 0.814. The molecule has 8 heavy (non-hydrogen) atoms. The van der Waals surface area contributed by atoms with Crippen molar-refractivity contribution in [2.24, 2.45) is 5.92 Å². The Morgan fingerprint density at radius 1 is 1.88 bits per heavy atom. The maximum atomic E-state index is 10.3. The number of ketones is 1. The zero-order valence-corrected chi connectivity index (χ0v) is 5.14. The molecule has 2 nitrogen and oxygen atoms in total. The van der Waals surface area contributed by atoms with Crippen LogP contribution in [0.1, 0.15) is 20.3 Å². The van der Waals surface area contributed by atoms with Gasteiger partial charge in [0.1, 0.15) is 5.78 Å². The van der Waals surface area contributed by atoms with Gasteiger partial charge in [-0.3, -0.25) is 4.79 Å². The van der Waals surface area contributed by atoms with Crippen LogP contribution in [0.15, 0.2) is 0 Å². The molecule has 0 rings (SSSR count). The predicted octanol–water partition coefficient (Wildman–Crippen LogP) is 1.13. The summed E-state index contributed by atoms with van der Waals surface area (Å²) < 4.78 is 0. The Kier molecular flexibility index (Phi) is 2.86. The Hall–Kier alpha value is -0.840. The summed E-state index contributed by atoms with van der Waals surface area (Å²) >= 11 is 0. The number of Topliss-reactive ketones (excluding diaryl/α,β-unsaturated/α-hetero) is 1. The number of nitriles is 1. The van der Waals surface area contributed by atoms with Gasteiger partial charge in [0, 0.05) is 6.42 Å². The molecule has 0 heterocycles. The summed E-state index contributed by atoms with van der Waals surface area (Å²) in [6, 6.07) is 1.98. The first-order chi connectivity index (χ1) is 3.66. The summed E-state index contributed by atoms with van der Waals surface area (Å²) in [6.07, 6.45) is 0.385. The summed E-state index contributed by atoms with van der Waals surface area (Å²) in [6.45, 7) is 3.23. The standard InChI is InChI=1S/C6H9NO/c1-5(4-7)3-6(2)8/h5H,3H2,1-2H3. The van der Waals surface area contributed by atoms with E-state index >= 15 is 0 Å². The number of carbonyl (C=O) groups is 1. The highest BCUT2D eigenvalue weighted by atomic mass is 16.1. The topological polar surface area (TPSA) is 40.9 Å². The minimum Gasteiger partial charge on any atom is -0.300 e. The maximum Gasteiger partial charge on any atom is 0.131 e. The molecule has 2 heteroatoms. The van der Waals surface area contributed by atoms with Crippen molar-refractivity contribution in [2.45, 2.75) is 20.3 Å². The fourth-order valence-electron chi connectivity index (χ4n) is 0.477. The van der Waals surface area contributed by atoms with Crippen molar-refractivity contribution in [2.75, 3.05) is 0 Å². The van der Waals surface area contributed by atoms with Crippen LogP contribution in [-0.4, -0.2) is 5.78 Å². The van der Waals surface area contributed by atoms with E-state index in [-0.39, 0.29) is 11.7 Å². The van der Waals surface area contributed by atoms with Crippen LogP contribution in [0, 0.1) is 17.2 Å². The lowest BCUT2D eigenvalue weighted by Crippen LogP contribution is -1.97. The van der Waals surface area contributed by atoms with Gasteiger partial charge in [-0.25, -0.2) is 0 Å². The minimum atomic E-state index is -0.118. The number of carbonyl (C=O) groups excluding carboxylic acids is 1. The summed E-state index contributed by atoms with van der Waals surface area (Å²) in [4.78, 5) is 10.3. The van der Waals surface area contributed by atoms with Crippen LogP contribution in [0.3, 0.4) is 0 Å². The Labute approximate surface area is 49.1 Å². The van der Waals surface area contributed by atoms with Gasteiger partial charge in [-0.2, -0.15) is 5.26 Å². The SMILES string of the molecule is CC(=O)CC(C)C#N. The van der Waals surface area contributed by atoms with Crippen molar-refractivity contribution in [3.05, 3.63) is 0 Å². The van der Waals surface area contributed by atoms with E-state index in [1.807, 2.05) is 6.07 Å². The summed E-state index contributed by atoms with van der Waals surface area (Å²) in [7, 11) is 0. The van der Waals surface area contributed by atoms with Crippen molar-refractivity contribution in [1.82, 2.24) is 0 Å². The minimum absolute atomic E-state index is 0.0825. The predicted molar refractivity (Wildman–Crippen MR) is 30.1 cm³/mol. The van der Waals surface area contributed by atoms with E-state index in [1.165, 1.54) is 6.92 Å². The second-order valence-electron chi connectivity index (χ2n) is 1.94. The van der Waals surface area contributed by atoms with Gasteiger partial charge in [-0.05, 0) is 13.8 Å². The molecule has 44 valence electrons. The molecule has 0 radical (unpaired) electrons. The van der Waals surface area contributed by atoms with E-state index in [4.69, 9.17) is 5.26 Å². The first-order valence-electron chi connectivity index (χ1n) is 2.56. The average Bonchev–Trinajstić information content (AvgIpc) is 1.65. The number of rotatable bonds is 2. The Balaban J connectivity index is 3.43. The van der Waals surface area contributed by atoms with Gasteiger partial charge in [0.2, 0.25) is 0 Å². The number of nitrogens with zero attached hydrogens (tertiary/aromatic N) is 1. The Morgan fingerprint density at radius 3 is 2.50 bits per heavy atom. The second-order valence-corrected chi connectivity index (χ2v) is 1.94. The van der Waals surface area contributed by atoms with Crippen molar-refractivity contribution >= 4 is 5.78 Å². The first kappa shape index (κ1) is 7.16. The fraction of sp³-hybridized carbons (Fsp3) is 0.667. The quantitative estimate of drug-likeness (QED) is 0.535. The van der Waals surface area contributed by atoms with Gasteiger partial charge in [0.25, 0.3) is 0 Å². The third kappa shape index (κ3) is 3.35. The van der Waals surface area contributed by atoms with Crippen LogP contribution in [0.5, 0.6) is 0 Å². The molecule has 0 saturated carbocycles. The second kappa shape index (κ2) is 3.20. The summed E-state index contributed by atoms with van der Waals surface area (Å²) in [5.41, 5.74) is 0. The van der Waals surface area contributed by atoms with Crippen molar-refractivity contribution in [1.29, 1.82) is 5.26 Å². The van der Waals surface area contributed by atoms with Gasteiger partial charge >= 0.3 is 0 Å². The van der Waals surface area contributed by atoms with Crippen LogP contribution in [0.2, 0.25) is 0 Å². The van der Waals surface area contributed by atoms with E-state index in [2.05, 4.69) is 0 Å². The molecule has 0 aliphatic heterocycles. The highest BCUT2D eigenvalue weighted by Crippen LogP contribution is 1.98. The molecule has 1 atom stereocenters. The van der Waals surface area contributed by atoms with E-state index in [0.717, 1.165) is 0 Å². The van der Waals surface area contributed by atoms with Crippen molar-refractivity contribution in [3.63, 3.8) is 0 Å². The zero-order chi connectivity index (χ0) is 6.57. The van der Waals surface area contributed by atoms with E-state index in [0.29, 0.717) is 6.42 Å². The van der Waals surface area contributed by atoms with Gasteiger partial charge < -0.3 is 0 Å².